The number of nitriles is 2. The normalized spacial score (nSPS) is 9.15. The number of nitrogens with zero attached hydrogens (tertiary/aromatic N) is 3. The molecule has 0 radical (unpaired) electrons. The summed E-state index contributed by atoms with van der Waals surface area (Å²) in [6, 6.07) is 19.4. The van der Waals surface area contributed by atoms with E-state index in [1.165, 1.54) is 0 Å². The highest BCUT2D eigenvalue weighted by Gasteiger charge is 2.02. The number of hydrogen-bond acceptors (Lipinski definition) is 4. The smallest absolute Gasteiger partial charge is 0.237 e. The SMILES string of the molecule is Cc1cc(-c2ccccc2)ccc1NN=C(C#N)C#N. The molecule has 1 N–H and O–H groups in total. The number of hydrazone groups is 1. The lowest BCUT2D eigenvalue weighted by atomic mass is 10.0. The number of anilines is 1. The van der Waals surface area contributed by atoms with Gasteiger partial charge in [-0.15, -0.1) is 0 Å². The van der Waals surface area contributed by atoms with Crippen LogP contribution in [0.4, 0.5) is 5.69 Å². The van der Waals surface area contributed by atoms with Gasteiger partial charge in [0.15, 0.2) is 0 Å². The van der Waals surface area contributed by atoms with Gasteiger partial charge in [0.25, 0.3) is 0 Å². The summed E-state index contributed by atoms with van der Waals surface area (Å²) in [6.07, 6.45) is 0. The van der Waals surface area contributed by atoms with Crippen molar-refractivity contribution in [1.29, 1.82) is 10.5 Å². The molecule has 0 atom stereocenters. The highest BCUT2D eigenvalue weighted by Crippen LogP contribution is 2.24. The van der Waals surface area contributed by atoms with E-state index in [-0.39, 0.29) is 5.71 Å². The minimum absolute atomic E-state index is 0.198. The van der Waals surface area contributed by atoms with E-state index in [1.54, 1.807) is 12.1 Å². The second-order valence-corrected chi connectivity index (χ2v) is 4.19. The molecule has 0 saturated heterocycles. The van der Waals surface area contributed by atoms with Gasteiger partial charge in [0, 0.05) is 0 Å². The first-order chi connectivity index (χ1) is 9.74. The van der Waals surface area contributed by atoms with Gasteiger partial charge in [0.1, 0.15) is 12.1 Å². The van der Waals surface area contributed by atoms with Gasteiger partial charge < -0.3 is 0 Å². The summed E-state index contributed by atoms with van der Waals surface area (Å²) in [5, 5.41) is 21.0. The van der Waals surface area contributed by atoms with E-state index >= 15 is 0 Å². The van der Waals surface area contributed by atoms with E-state index in [0.29, 0.717) is 0 Å². The summed E-state index contributed by atoms with van der Waals surface area (Å²) in [7, 11) is 0. The summed E-state index contributed by atoms with van der Waals surface area (Å²) in [5.41, 5.74) is 6.55. The Hall–Kier alpha value is -3.11. The van der Waals surface area contributed by atoms with Crippen molar-refractivity contribution < 1.29 is 0 Å². The zero-order valence-corrected chi connectivity index (χ0v) is 11.0. The van der Waals surface area contributed by atoms with Crippen molar-refractivity contribution in [1.82, 2.24) is 0 Å². The lowest BCUT2D eigenvalue weighted by molar-refractivity contribution is 1.30. The summed E-state index contributed by atoms with van der Waals surface area (Å²) < 4.78 is 0. The van der Waals surface area contributed by atoms with E-state index in [0.717, 1.165) is 22.4 Å². The predicted octanol–water partition coefficient (Wildman–Crippen LogP) is 3.48. The minimum Gasteiger partial charge on any atom is -0.276 e. The molecule has 2 rings (SSSR count). The monoisotopic (exact) mass is 260 g/mol. The van der Waals surface area contributed by atoms with Gasteiger partial charge in [-0.05, 0) is 35.7 Å². The molecule has 2 aromatic carbocycles. The molecule has 4 nitrogen and oxygen atoms in total. The van der Waals surface area contributed by atoms with Gasteiger partial charge in [0.2, 0.25) is 5.71 Å². The standard InChI is InChI=1S/C16H12N4/c1-12-9-14(13-5-3-2-4-6-13)7-8-16(12)20-19-15(10-17)11-18/h2-9,20H,1H3. The molecule has 0 aliphatic heterocycles. The number of rotatable bonds is 3. The van der Waals surface area contributed by atoms with Crippen molar-refractivity contribution in [3.63, 3.8) is 0 Å². The fraction of sp³-hybridized carbons (Fsp3) is 0.0625. The van der Waals surface area contributed by atoms with Crippen LogP contribution in [-0.2, 0) is 0 Å². The summed E-state index contributed by atoms with van der Waals surface area (Å²) in [5.74, 6) is 0. The molecule has 0 aromatic heterocycles. The van der Waals surface area contributed by atoms with Crippen molar-refractivity contribution in [2.45, 2.75) is 6.92 Å². The highest BCUT2D eigenvalue weighted by molar-refractivity contribution is 6.10. The molecule has 0 aliphatic rings. The van der Waals surface area contributed by atoms with Crippen LogP contribution in [-0.4, -0.2) is 5.71 Å². The minimum atomic E-state index is -0.198. The van der Waals surface area contributed by atoms with Crippen LogP contribution in [0.5, 0.6) is 0 Å². The van der Waals surface area contributed by atoms with Crippen LogP contribution in [0.15, 0.2) is 53.6 Å². The highest BCUT2D eigenvalue weighted by atomic mass is 15.3. The maximum absolute atomic E-state index is 8.62. The molecule has 0 bridgehead atoms. The van der Waals surface area contributed by atoms with E-state index in [9.17, 15) is 0 Å². The number of benzene rings is 2. The summed E-state index contributed by atoms with van der Waals surface area (Å²) in [6.45, 7) is 1.95. The lowest BCUT2D eigenvalue weighted by Gasteiger charge is -2.08. The Labute approximate surface area is 117 Å². The molecule has 0 heterocycles. The van der Waals surface area contributed by atoms with Crippen LogP contribution in [0.1, 0.15) is 5.56 Å². The maximum Gasteiger partial charge on any atom is 0.237 e. The average molecular weight is 260 g/mol. The Morgan fingerprint density at radius 1 is 1.00 bits per heavy atom. The molecule has 0 unspecified atom stereocenters. The van der Waals surface area contributed by atoms with Crippen LogP contribution in [0, 0.1) is 29.6 Å². The van der Waals surface area contributed by atoms with Crippen LogP contribution < -0.4 is 5.43 Å². The number of hydrogen-bond donors (Lipinski definition) is 1. The predicted molar refractivity (Wildman–Crippen MR) is 78.9 cm³/mol. The average Bonchev–Trinajstić information content (AvgIpc) is 2.50. The number of nitrogens with one attached hydrogen (secondary N) is 1. The lowest BCUT2D eigenvalue weighted by Crippen LogP contribution is -1.98. The molecule has 96 valence electrons. The molecular weight excluding hydrogens is 248 g/mol. The van der Waals surface area contributed by atoms with E-state index in [4.69, 9.17) is 10.5 Å². The Balaban J connectivity index is 2.26. The third-order valence-corrected chi connectivity index (χ3v) is 2.83. The third-order valence-electron chi connectivity index (χ3n) is 2.83. The van der Waals surface area contributed by atoms with Crippen molar-refractivity contribution in [3.05, 3.63) is 54.1 Å². The Morgan fingerprint density at radius 2 is 1.70 bits per heavy atom. The van der Waals surface area contributed by atoms with Gasteiger partial charge in [-0.3, -0.25) is 5.43 Å². The fourth-order valence-electron chi connectivity index (χ4n) is 1.79. The van der Waals surface area contributed by atoms with Crippen LogP contribution in [0.2, 0.25) is 0 Å². The van der Waals surface area contributed by atoms with Crippen molar-refractivity contribution in [3.8, 4) is 23.3 Å². The van der Waals surface area contributed by atoms with E-state index < -0.39 is 0 Å². The second-order valence-electron chi connectivity index (χ2n) is 4.19. The molecular formula is C16H12N4. The first-order valence-electron chi connectivity index (χ1n) is 6.04. The van der Waals surface area contributed by atoms with Gasteiger partial charge in [-0.25, -0.2) is 0 Å². The fourth-order valence-corrected chi connectivity index (χ4v) is 1.79. The Bertz CT molecular complexity index is 702. The molecule has 2 aromatic rings. The van der Waals surface area contributed by atoms with Crippen molar-refractivity contribution in [2.75, 3.05) is 5.43 Å². The molecule has 0 fully saturated rings. The second kappa shape index (κ2) is 6.17. The molecule has 20 heavy (non-hydrogen) atoms. The maximum atomic E-state index is 8.62. The van der Waals surface area contributed by atoms with Gasteiger partial charge in [-0.1, -0.05) is 36.4 Å². The van der Waals surface area contributed by atoms with E-state index in [2.05, 4.69) is 10.5 Å². The third kappa shape index (κ3) is 3.01. The van der Waals surface area contributed by atoms with Crippen LogP contribution in [0.25, 0.3) is 11.1 Å². The quantitative estimate of drug-likeness (QED) is 0.678. The first kappa shape index (κ1) is 13.3. The van der Waals surface area contributed by atoms with Crippen molar-refractivity contribution >= 4 is 11.4 Å². The molecule has 4 heteroatoms. The summed E-state index contributed by atoms with van der Waals surface area (Å²) in [4.78, 5) is 0. The van der Waals surface area contributed by atoms with E-state index in [1.807, 2.05) is 55.5 Å². The van der Waals surface area contributed by atoms with Gasteiger partial charge in [0.05, 0.1) is 5.69 Å². The first-order valence-corrected chi connectivity index (χ1v) is 6.04. The zero-order chi connectivity index (χ0) is 14.4. The zero-order valence-electron chi connectivity index (χ0n) is 11.0. The Morgan fingerprint density at radius 3 is 2.30 bits per heavy atom. The number of aryl methyl sites for hydroxylation is 1. The summed E-state index contributed by atoms with van der Waals surface area (Å²) >= 11 is 0. The van der Waals surface area contributed by atoms with Crippen LogP contribution in [0.3, 0.4) is 0 Å². The topological polar surface area (TPSA) is 72.0 Å². The van der Waals surface area contributed by atoms with Crippen LogP contribution >= 0.6 is 0 Å². The molecule has 0 spiro atoms. The molecule has 0 aliphatic carbocycles. The van der Waals surface area contributed by atoms with Crippen molar-refractivity contribution in [2.24, 2.45) is 5.10 Å². The molecule has 0 saturated carbocycles. The molecule has 0 amide bonds. The van der Waals surface area contributed by atoms with Gasteiger partial charge >= 0.3 is 0 Å². The Kier molecular flexibility index (Phi) is 4.11. The largest absolute Gasteiger partial charge is 0.276 e. The van der Waals surface area contributed by atoms with Gasteiger partial charge in [-0.2, -0.15) is 15.6 Å².